The Hall–Kier alpha value is -0.820. The minimum atomic E-state index is -0.221. The minimum absolute atomic E-state index is 0. The van der Waals surface area contributed by atoms with Crippen LogP contribution in [0.25, 0.3) is 0 Å². The van der Waals surface area contributed by atoms with Gasteiger partial charge in [0.2, 0.25) is 0 Å². The van der Waals surface area contributed by atoms with Gasteiger partial charge in [-0.05, 0) is 24.0 Å². The summed E-state index contributed by atoms with van der Waals surface area (Å²) in [6.07, 6.45) is 1.98. The van der Waals surface area contributed by atoms with Crippen LogP contribution in [0.5, 0.6) is 0 Å². The molecule has 0 aromatic heterocycles. The molecule has 4 nitrogen and oxygen atoms in total. The Morgan fingerprint density at radius 3 is 2.90 bits per heavy atom. The third-order valence-corrected chi connectivity index (χ3v) is 4.42. The number of hydrogen-bond donors (Lipinski definition) is 1. The zero-order valence-electron chi connectivity index (χ0n) is 12.8. The predicted molar refractivity (Wildman–Crippen MR) is 96.4 cm³/mol. The molecule has 0 amide bonds. The molecule has 1 aromatic carbocycles. The second-order valence-electron chi connectivity index (χ2n) is 5.58. The summed E-state index contributed by atoms with van der Waals surface area (Å²) in [7, 11) is 2.08. The summed E-state index contributed by atoms with van der Waals surface area (Å²) in [6.45, 7) is 5.66. The van der Waals surface area contributed by atoms with Crippen molar-refractivity contribution in [3.63, 3.8) is 0 Å². The third-order valence-electron chi connectivity index (χ3n) is 4.42. The summed E-state index contributed by atoms with van der Waals surface area (Å²) in [5.74, 6) is 0.990. The lowest BCUT2D eigenvalue weighted by Crippen LogP contribution is -2.48. The van der Waals surface area contributed by atoms with E-state index in [0.717, 1.165) is 45.0 Å². The summed E-state index contributed by atoms with van der Waals surface area (Å²) in [6, 6.07) is 8.66. The topological polar surface area (TPSA) is 36.9 Å². The molecule has 2 aliphatic heterocycles. The number of hydrogen-bond acceptors (Lipinski definition) is 4. The molecule has 2 aliphatic rings. The Bertz CT molecular complexity index is 520. The smallest absolute Gasteiger partial charge is 0.193 e. The van der Waals surface area contributed by atoms with Gasteiger partial charge in [0.05, 0.1) is 19.7 Å². The summed E-state index contributed by atoms with van der Waals surface area (Å²) in [5.41, 5.74) is 2.53. The fourth-order valence-corrected chi connectivity index (χ4v) is 3.13. The fourth-order valence-electron chi connectivity index (χ4n) is 3.13. The number of nitrogens with one attached hydrogen (secondary N) is 1. The monoisotopic (exact) mass is 401 g/mol. The van der Waals surface area contributed by atoms with Gasteiger partial charge in [-0.25, -0.2) is 0 Å². The van der Waals surface area contributed by atoms with Crippen LogP contribution in [-0.2, 0) is 16.8 Å². The second kappa shape index (κ2) is 6.96. The Balaban J connectivity index is 0.00000161. The maximum Gasteiger partial charge on any atom is 0.193 e. The van der Waals surface area contributed by atoms with Crippen molar-refractivity contribution in [3.05, 3.63) is 35.4 Å². The van der Waals surface area contributed by atoms with E-state index in [1.807, 2.05) is 0 Å². The van der Waals surface area contributed by atoms with E-state index >= 15 is 0 Å². The highest BCUT2D eigenvalue weighted by Gasteiger charge is 2.36. The minimum Gasteiger partial charge on any atom is -0.368 e. The highest BCUT2D eigenvalue weighted by molar-refractivity contribution is 14.0. The van der Waals surface area contributed by atoms with Crippen molar-refractivity contribution < 1.29 is 4.74 Å². The van der Waals surface area contributed by atoms with Crippen LogP contribution < -0.4 is 5.32 Å². The van der Waals surface area contributed by atoms with Gasteiger partial charge in [0, 0.05) is 13.6 Å². The van der Waals surface area contributed by atoms with Gasteiger partial charge < -0.3 is 15.0 Å². The number of aliphatic imine (C=N–C) groups is 1. The molecule has 1 N–H and O–H groups in total. The summed E-state index contributed by atoms with van der Waals surface area (Å²) in [4.78, 5) is 6.66. The molecule has 5 heteroatoms. The zero-order chi connectivity index (χ0) is 14.0. The summed E-state index contributed by atoms with van der Waals surface area (Å²) in [5, 5.41) is 3.48. The van der Waals surface area contributed by atoms with Crippen LogP contribution in [0.3, 0.4) is 0 Å². The van der Waals surface area contributed by atoms with Crippen molar-refractivity contribution in [2.24, 2.45) is 4.99 Å². The standard InChI is InChI=1S/C16H23N3O.HI/c1-3-16(12-18-15-17-9-10-19(15)2)14-7-5-4-6-13(14)8-11-20-16;/h4-7H,3,8-12H2,1-2H3,(H,17,18);1H. The molecular formula is C16H24IN3O. The van der Waals surface area contributed by atoms with Crippen LogP contribution in [0, 0.1) is 0 Å². The van der Waals surface area contributed by atoms with Crippen molar-refractivity contribution in [3.8, 4) is 0 Å². The van der Waals surface area contributed by atoms with Crippen molar-refractivity contribution >= 4 is 29.9 Å². The highest BCUT2D eigenvalue weighted by atomic mass is 127. The van der Waals surface area contributed by atoms with Crippen LogP contribution in [-0.4, -0.2) is 44.1 Å². The van der Waals surface area contributed by atoms with Crippen molar-refractivity contribution in [1.29, 1.82) is 0 Å². The molecule has 0 saturated heterocycles. The van der Waals surface area contributed by atoms with Gasteiger partial charge in [0.15, 0.2) is 5.96 Å². The Labute approximate surface area is 144 Å². The van der Waals surface area contributed by atoms with Gasteiger partial charge in [0.1, 0.15) is 5.60 Å². The van der Waals surface area contributed by atoms with Crippen LogP contribution in [0.15, 0.2) is 29.3 Å². The van der Waals surface area contributed by atoms with Gasteiger partial charge in [-0.3, -0.25) is 4.99 Å². The van der Waals surface area contributed by atoms with E-state index < -0.39 is 0 Å². The molecule has 1 aromatic rings. The molecule has 0 bridgehead atoms. The molecule has 116 valence electrons. The van der Waals surface area contributed by atoms with Crippen molar-refractivity contribution in [2.45, 2.75) is 25.4 Å². The zero-order valence-corrected chi connectivity index (χ0v) is 15.1. The fraction of sp³-hybridized carbons (Fsp3) is 0.562. The van der Waals surface area contributed by atoms with Crippen LogP contribution in [0.1, 0.15) is 24.5 Å². The number of nitrogens with zero attached hydrogens (tertiary/aromatic N) is 2. The first-order chi connectivity index (χ1) is 9.75. The molecule has 0 aliphatic carbocycles. The molecule has 0 spiro atoms. The van der Waals surface area contributed by atoms with E-state index in [0.29, 0.717) is 0 Å². The maximum absolute atomic E-state index is 6.20. The highest BCUT2D eigenvalue weighted by Crippen LogP contribution is 2.35. The van der Waals surface area contributed by atoms with Gasteiger partial charge in [-0.1, -0.05) is 31.2 Å². The summed E-state index contributed by atoms with van der Waals surface area (Å²) < 4.78 is 6.20. The van der Waals surface area contributed by atoms with Gasteiger partial charge in [-0.15, -0.1) is 24.0 Å². The molecule has 3 rings (SSSR count). The Kier molecular flexibility index (Phi) is 5.48. The van der Waals surface area contributed by atoms with E-state index in [9.17, 15) is 0 Å². The van der Waals surface area contributed by atoms with E-state index in [1.165, 1.54) is 11.1 Å². The molecule has 2 heterocycles. The first-order valence-corrected chi connectivity index (χ1v) is 7.47. The number of rotatable bonds is 3. The number of guanidine groups is 1. The average Bonchev–Trinajstić information content (AvgIpc) is 2.90. The molecule has 0 radical (unpaired) electrons. The maximum atomic E-state index is 6.20. The van der Waals surface area contributed by atoms with Crippen LogP contribution in [0.4, 0.5) is 0 Å². The number of halogens is 1. The lowest BCUT2D eigenvalue weighted by molar-refractivity contribution is -0.0595. The molecule has 1 unspecified atom stereocenters. The normalized spacial score (nSPS) is 24.1. The number of ether oxygens (including phenoxy) is 1. The summed E-state index contributed by atoms with van der Waals surface area (Å²) >= 11 is 0. The van der Waals surface area contributed by atoms with E-state index in [2.05, 4.69) is 53.4 Å². The van der Waals surface area contributed by atoms with Crippen molar-refractivity contribution in [1.82, 2.24) is 10.2 Å². The number of fused-ring (bicyclic) bond motifs is 1. The van der Waals surface area contributed by atoms with Gasteiger partial charge in [0.25, 0.3) is 0 Å². The SMILES string of the molecule is CCC1(CNC2=NCCN2C)OCCc2ccccc21.I. The van der Waals surface area contributed by atoms with Crippen LogP contribution in [0.2, 0.25) is 0 Å². The molecule has 0 saturated carbocycles. The lowest BCUT2D eigenvalue weighted by atomic mass is 9.84. The van der Waals surface area contributed by atoms with Gasteiger partial charge in [-0.2, -0.15) is 0 Å². The van der Waals surface area contributed by atoms with Gasteiger partial charge >= 0.3 is 0 Å². The van der Waals surface area contributed by atoms with Crippen LogP contribution >= 0.6 is 24.0 Å². The Morgan fingerprint density at radius 1 is 1.38 bits per heavy atom. The molecule has 1 atom stereocenters. The first-order valence-electron chi connectivity index (χ1n) is 7.47. The first kappa shape index (κ1) is 16.5. The Morgan fingerprint density at radius 2 is 2.19 bits per heavy atom. The third kappa shape index (κ3) is 3.18. The molecule has 21 heavy (non-hydrogen) atoms. The van der Waals surface area contributed by atoms with E-state index in [4.69, 9.17) is 4.74 Å². The second-order valence-corrected chi connectivity index (χ2v) is 5.58. The quantitative estimate of drug-likeness (QED) is 0.791. The van der Waals surface area contributed by atoms with E-state index in [1.54, 1.807) is 0 Å². The largest absolute Gasteiger partial charge is 0.368 e. The predicted octanol–water partition coefficient (Wildman–Crippen LogP) is 2.37. The molecular weight excluding hydrogens is 377 g/mol. The van der Waals surface area contributed by atoms with E-state index in [-0.39, 0.29) is 29.6 Å². The average molecular weight is 401 g/mol. The van der Waals surface area contributed by atoms with Crippen molar-refractivity contribution in [2.75, 3.05) is 33.3 Å². The number of benzene rings is 1. The lowest BCUT2D eigenvalue weighted by Gasteiger charge is -2.39. The number of likely N-dealkylation sites (N-methyl/N-ethyl adjacent to an activating group) is 1. The molecule has 0 fully saturated rings.